The highest BCUT2D eigenvalue weighted by molar-refractivity contribution is 6.32. The number of rotatable bonds is 9. The summed E-state index contributed by atoms with van der Waals surface area (Å²) in [6, 6.07) is 6.23. The number of nitrogens with one attached hydrogen (secondary N) is 1. The van der Waals surface area contributed by atoms with Gasteiger partial charge in [-0.15, -0.1) is 0 Å². The second-order valence-corrected chi connectivity index (χ2v) is 9.38. The predicted molar refractivity (Wildman–Crippen MR) is 133 cm³/mol. The number of hydrogen-bond donors (Lipinski definition) is 1. The van der Waals surface area contributed by atoms with E-state index in [0.29, 0.717) is 0 Å². The van der Waals surface area contributed by atoms with Crippen molar-refractivity contribution in [2.75, 3.05) is 12.4 Å². The molecule has 1 amide bonds. The molecule has 0 aromatic heterocycles. The van der Waals surface area contributed by atoms with Crippen molar-refractivity contribution >= 4 is 40.6 Å². The molecular weight excluding hydrogens is 651 g/mol. The second-order valence-electron chi connectivity index (χ2n) is 8.53. The molecule has 0 spiro atoms. The molecule has 17 heteroatoms. The Bertz CT molecular complexity index is 1530. The maximum absolute atomic E-state index is 14.6. The molecule has 0 radical (unpaired) electrons. The number of amides is 1. The number of ether oxygens (including phenoxy) is 2. The summed E-state index contributed by atoms with van der Waals surface area (Å²) in [4.78, 5) is 25.8. The van der Waals surface area contributed by atoms with Gasteiger partial charge in [0.1, 0.15) is 11.6 Å². The highest BCUT2D eigenvalue weighted by Gasteiger charge is 2.73. The van der Waals surface area contributed by atoms with Crippen molar-refractivity contribution in [3.63, 3.8) is 0 Å². The summed E-state index contributed by atoms with van der Waals surface area (Å²) in [5.74, 6) is -4.86. The van der Waals surface area contributed by atoms with Gasteiger partial charge < -0.3 is 14.8 Å². The third-order valence-electron chi connectivity index (χ3n) is 5.83. The van der Waals surface area contributed by atoms with Gasteiger partial charge in [0.05, 0.1) is 23.9 Å². The lowest BCUT2D eigenvalue weighted by Crippen LogP contribution is -2.50. The molecule has 3 rings (SSSR count). The highest BCUT2D eigenvalue weighted by Crippen LogP contribution is 2.54. The summed E-state index contributed by atoms with van der Waals surface area (Å²) in [6.45, 7) is -3.84. The van der Waals surface area contributed by atoms with Gasteiger partial charge in [0.2, 0.25) is 0 Å². The largest absolute Gasteiger partial charge is 0.494 e. The number of anilines is 1. The smallest absolute Gasteiger partial charge is 0.435 e. The fourth-order valence-corrected chi connectivity index (χ4v) is 4.31. The number of ketones is 1. The summed E-state index contributed by atoms with van der Waals surface area (Å²) in [7, 11) is 1.05. The van der Waals surface area contributed by atoms with E-state index in [9.17, 15) is 53.5 Å². The first-order valence-electron chi connectivity index (χ1n) is 11.4. The van der Waals surface area contributed by atoms with Crippen LogP contribution in [0.3, 0.4) is 0 Å². The fraction of sp³-hybridized carbons (Fsp3) is 0.231. The number of benzene rings is 3. The van der Waals surface area contributed by atoms with E-state index in [1.165, 1.54) is 18.2 Å². The molecule has 3 aromatic carbocycles. The Morgan fingerprint density at radius 3 is 2.09 bits per heavy atom. The number of carbonyl (C=O) groups excluding carboxylic acids is 2. The van der Waals surface area contributed by atoms with Gasteiger partial charge in [-0.25, -0.2) is 8.78 Å². The van der Waals surface area contributed by atoms with Gasteiger partial charge in [-0.3, -0.25) is 9.59 Å². The van der Waals surface area contributed by atoms with Crippen LogP contribution in [0.15, 0.2) is 48.5 Å². The Balaban J connectivity index is 2.06. The maximum Gasteiger partial charge on any atom is 0.435 e. The topological polar surface area (TPSA) is 64.6 Å². The van der Waals surface area contributed by atoms with Crippen LogP contribution in [0.2, 0.25) is 10.0 Å². The molecule has 0 bridgehead atoms. The zero-order valence-corrected chi connectivity index (χ0v) is 22.6. The van der Waals surface area contributed by atoms with Gasteiger partial charge in [0, 0.05) is 27.6 Å². The molecule has 0 saturated heterocycles. The molecule has 43 heavy (non-hydrogen) atoms. The Kier molecular flexibility index (Phi) is 9.81. The lowest BCUT2D eigenvalue weighted by molar-refractivity contribution is -0.348. The Morgan fingerprint density at radius 2 is 1.53 bits per heavy atom. The standard InChI is InChI=1S/C26H15Cl2F10NO4/c1-42-21-13(3-2-4-18(21)39-22(41)15-9-12(27)5-6-17(15)29)19(40)10-14-16(28)7-11(8-20(14)43-23(30)31)24(32,25(33,34)35)26(36,37)38/h2-9,23H,10H2,1H3,(H,39,41). The molecule has 0 unspecified atom stereocenters. The van der Waals surface area contributed by atoms with Crippen LogP contribution in [-0.2, 0) is 12.1 Å². The number of para-hydroxylation sites is 1. The van der Waals surface area contributed by atoms with Crippen molar-refractivity contribution < 1.29 is 63.0 Å². The third kappa shape index (κ3) is 6.93. The zero-order chi connectivity index (χ0) is 32.5. The molecule has 0 aliphatic carbocycles. The monoisotopic (exact) mass is 665 g/mol. The summed E-state index contributed by atoms with van der Waals surface area (Å²) in [6.07, 6.45) is -14.3. The molecule has 0 saturated carbocycles. The molecule has 5 nitrogen and oxygen atoms in total. The van der Waals surface area contributed by atoms with Crippen molar-refractivity contribution in [3.8, 4) is 11.5 Å². The average molecular weight is 666 g/mol. The van der Waals surface area contributed by atoms with E-state index in [1.807, 2.05) is 0 Å². The van der Waals surface area contributed by atoms with Crippen molar-refractivity contribution in [2.45, 2.75) is 31.1 Å². The molecule has 232 valence electrons. The fourth-order valence-electron chi connectivity index (χ4n) is 3.86. The van der Waals surface area contributed by atoms with Gasteiger partial charge >= 0.3 is 24.6 Å². The van der Waals surface area contributed by atoms with Crippen molar-refractivity contribution in [1.29, 1.82) is 0 Å². The van der Waals surface area contributed by atoms with Gasteiger partial charge in [0.25, 0.3) is 5.91 Å². The van der Waals surface area contributed by atoms with Gasteiger partial charge in [-0.2, -0.15) is 35.1 Å². The van der Waals surface area contributed by atoms with Gasteiger partial charge in [-0.05, 0) is 42.5 Å². The van der Waals surface area contributed by atoms with Crippen LogP contribution in [0.4, 0.5) is 49.6 Å². The van der Waals surface area contributed by atoms with Gasteiger partial charge in [0.15, 0.2) is 11.5 Å². The molecule has 3 aromatic rings. The summed E-state index contributed by atoms with van der Waals surface area (Å²) in [5.41, 5.74) is -10.2. The lowest BCUT2D eigenvalue weighted by Gasteiger charge is -2.31. The van der Waals surface area contributed by atoms with E-state index in [2.05, 4.69) is 10.1 Å². The van der Waals surface area contributed by atoms with Crippen molar-refractivity contribution in [1.82, 2.24) is 0 Å². The van der Waals surface area contributed by atoms with Crippen LogP contribution < -0.4 is 14.8 Å². The number of alkyl halides is 9. The maximum atomic E-state index is 14.6. The number of carbonyl (C=O) groups is 2. The number of Topliss-reactive ketones (excluding diaryl/α,β-unsaturated/α-hetero) is 1. The molecule has 0 heterocycles. The van der Waals surface area contributed by atoms with E-state index in [0.717, 1.165) is 25.3 Å². The molecule has 1 N–H and O–H groups in total. The highest BCUT2D eigenvalue weighted by atomic mass is 35.5. The van der Waals surface area contributed by atoms with Crippen LogP contribution in [0.1, 0.15) is 31.8 Å². The molecular formula is C26H15Cl2F10NO4. The van der Waals surface area contributed by atoms with E-state index >= 15 is 0 Å². The Morgan fingerprint density at radius 1 is 0.907 bits per heavy atom. The summed E-state index contributed by atoms with van der Waals surface area (Å²) in [5, 5.41) is 1.16. The first kappa shape index (κ1) is 33.8. The average Bonchev–Trinajstić information content (AvgIpc) is 2.89. The van der Waals surface area contributed by atoms with Gasteiger partial charge in [-0.1, -0.05) is 29.3 Å². The Hall–Kier alpha value is -3.72. The van der Waals surface area contributed by atoms with E-state index in [-0.39, 0.29) is 34.2 Å². The lowest BCUT2D eigenvalue weighted by atomic mass is 9.91. The van der Waals surface area contributed by atoms with Crippen LogP contribution in [-0.4, -0.2) is 37.8 Å². The van der Waals surface area contributed by atoms with Crippen LogP contribution >= 0.6 is 23.2 Å². The second kappa shape index (κ2) is 12.5. The zero-order valence-electron chi connectivity index (χ0n) is 21.1. The van der Waals surface area contributed by atoms with Crippen LogP contribution in [0.5, 0.6) is 11.5 Å². The van der Waals surface area contributed by atoms with E-state index < -0.39 is 76.0 Å². The third-order valence-corrected chi connectivity index (χ3v) is 6.40. The normalized spacial score (nSPS) is 12.3. The molecule has 0 fully saturated rings. The molecule has 0 atom stereocenters. The quantitative estimate of drug-likeness (QED) is 0.183. The number of halogens is 12. The first-order valence-corrected chi connectivity index (χ1v) is 12.1. The number of hydrogen-bond acceptors (Lipinski definition) is 4. The van der Waals surface area contributed by atoms with E-state index in [1.54, 1.807) is 0 Å². The minimum atomic E-state index is -6.60. The van der Waals surface area contributed by atoms with Crippen molar-refractivity contribution in [3.05, 3.63) is 86.6 Å². The van der Waals surface area contributed by atoms with E-state index in [4.69, 9.17) is 27.9 Å². The SMILES string of the molecule is COc1c(NC(=O)c2cc(Cl)ccc2F)cccc1C(=O)Cc1c(Cl)cc(C(F)(C(F)(F)F)C(F)(F)F)cc1OC(F)F. The summed E-state index contributed by atoms with van der Waals surface area (Å²) >= 11 is 11.6. The Labute approximate surface area is 245 Å². The molecule has 0 aliphatic rings. The van der Waals surface area contributed by atoms with Crippen LogP contribution in [0, 0.1) is 5.82 Å². The first-order chi connectivity index (χ1) is 19.8. The number of methoxy groups -OCH3 is 1. The minimum Gasteiger partial charge on any atom is -0.494 e. The predicted octanol–water partition coefficient (Wildman–Crippen LogP) is 8.71. The minimum absolute atomic E-state index is 0.0163. The summed E-state index contributed by atoms with van der Waals surface area (Å²) < 4.78 is 144. The van der Waals surface area contributed by atoms with Crippen molar-refractivity contribution in [2.24, 2.45) is 0 Å². The van der Waals surface area contributed by atoms with Crippen LogP contribution in [0.25, 0.3) is 0 Å². The molecule has 0 aliphatic heterocycles.